The van der Waals surface area contributed by atoms with Gasteiger partial charge in [0.25, 0.3) is 5.91 Å². The lowest BCUT2D eigenvalue weighted by molar-refractivity contribution is 0.102. The lowest BCUT2D eigenvalue weighted by Crippen LogP contribution is -2.21. The van der Waals surface area contributed by atoms with Gasteiger partial charge in [-0.25, -0.2) is 8.78 Å². The molecule has 1 heterocycles. The molecular weight excluding hydrogens is 276 g/mol. The van der Waals surface area contributed by atoms with Crippen LogP contribution in [0.5, 0.6) is 0 Å². The first kappa shape index (κ1) is 13.4. The number of carbonyl (C=O) groups excluding carboxylic acids is 1. The van der Waals surface area contributed by atoms with Crippen LogP contribution in [0.3, 0.4) is 0 Å². The predicted molar refractivity (Wildman–Crippen MR) is 77.7 cm³/mol. The maximum absolute atomic E-state index is 13.1. The van der Waals surface area contributed by atoms with Gasteiger partial charge in [-0.1, -0.05) is 0 Å². The van der Waals surface area contributed by atoms with Crippen LogP contribution in [-0.4, -0.2) is 19.0 Å². The first-order valence-electron chi connectivity index (χ1n) is 6.51. The van der Waals surface area contributed by atoms with Gasteiger partial charge in [0, 0.05) is 30.4 Å². The van der Waals surface area contributed by atoms with Gasteiger partial charge in [0.05, 0.1) is 11.4 Å². The van der Waals surface area contributed by atoms with Gasteiger partial charge >= 0.3 is 0 Å². The summed E-state index contributed by atoms with van der Waals surface area (Å²) in [5, 5.41) is 8.86. The number of anilines is 3. The third-order valence-electron chi connectivity index (χ3n) is 3.16. The fraction of sp³-hybridized carbons (Fsp3) is 0.133. The summed E-state index contributed by atoms with van der Waals surface area (Å²) >= 11 is 0. The maximum Gasteiger partial charge on any atom is 0.255 e. The SMILES string of the molecule is O=C(Nc1cc(F)cc(F)c1)c1ccc2c(c1)NCCN2. The monoisotopic (exact) mass is 289 g/mol. The van der Waals surface area contributed by atoms with E-state index in [0.717, 1.165) is 42.7 Å². The molecule has 0 bridgehead atoms. The van der Waals surface area contributed by atoms with Gasteiger partial charge in [-0.15, -0.1) is 0 Å². The van der Waals surface area contributed by atoms with E-state index < -0.39 is 17.5 Å². The molecule has 0 saturated heterocycles. The molecule has 2 aromatic rings. The Labute approximate surface area is 120 Å². The highest BCUT2D eigenvalue weighted by Gasteiger charge is 2.13. The summed E-state index contributed by atoms with van der Waals surface area (Å²) < 4.78 is 26.2. The minimum absolute atomic E-state index is 0.0845. The Balaban J connectivity index is 1.82. The van der Waals surface area contributed by atoms with Crippen LogP contribution in [0.1, 0.15) is 10.4 Å². The normalized spacial score (nSPS) is 12.9. The smallest absolute Gasteiger partial charge is 0.255 e. The van der Waals surface area contributed by atoms with Crippen LogP contribution in [-0.2, 0) is 0 Å². The molecule has 1 aliphatic rings. The third kappa shape index (κ3) is 2.94. The van der Waals surface area contributed by atoms with E-state index in [-0.39, 0.29) is 5.69 Å². The van der Waals surface area contributed by atoms with Gasteiger partial charge in [0.1, 0.15) is 11.6 Å². The standard InChI is InChI=1S/C15H13F2N3O/c16-10-6-11(17)8-12(7-10)20-15(21)9-1-2-13-14(5-9)19-4-3-18-13/h1-2,5-8,18-19H,3-4H2,(H,20,21). The minimum atomic E-state index is -0.735. The summed E-state index contributed by atoms with van der Waals surface area (Å²) in [4.78, 5) is 12.1. The molecule has 0 radical (unpaired) electrons. The van der Waals surface area contributed by atoms with Crippen LogP contribution in [0.4, 0.5) is 25.8 Å². The zero-order valence-electron chi connectivity index (χ0n) is 11.0. The number of hydrogen-bond acceptors (Lipinski definition) is 3. The molecule has 0 saturated carbocycles. The van der Waals surface area contributed by atoms with E-state index in [1.807, 2.05) is 0 Å². The van der Waals surface area contributed by atoms with Crippen molar-refractivity contribution in [2.45, 2.75) is 0 Å². The number of nitrogens with one attached hydrogen (secondary N) is 3. The maximum atomic E-state index is 13.1. The van der Waals surface area contributed by atoms with Crippen molar-refractivity contribution in [3.63, 3.8) is 0 Å². The number of benzene rings is 2. The number of hydrogen-bond donors (Lipinski definition) is 3. The van der Waals surface area contributed by atoms with Gasteiger partial charge < -0.3 is 16.0 Å². The van der Waals surface area contributed by atoms with Gasteiger partial charge in [0.2, 0.25) is 0 Å². The molecule has 2 aromatic carbocycles. The topological polar surface area (TPSA) is 53.2 Å². The molecule has 1 amide bonds. The average molecular weight is 289 g/mol. The van der Waals surface area contributed by atoms with Gasteiger partial charge in [0.15, 0.2) is 0 Å². The zero-order valence-corrected chi connectivity index (χ0v) is 11.0. The lowest BCUT2D eigenvalue weighted by atomic mass is 10.1. The summed E-state index contributed by atoms with van der Waals surface area (Å²) in [6.45, 7) is 1.59. The van der Waals surface area contributed by atoms with Crippen LogP contribution in [0.2, 0.25) is 0 Å². The number of carbonyl (C=O) groups is 1. The molecule has 3 N–H and O–H groups in total. The highest BCUT2D eigenvalue weighted by molar-refractivity contribution is 6.05. The third-order valence-corrected chi connectivity index (χ3v) is 3.16. The van der Waals surface area contributed by atoms with E-state index in [0.29, 0.717) is 5.56 Å². The highest BCUT2D eigenvalue weighted by atomic mass is 19.1. The quantitative estimate of drug-likeness (QED) is 0.796. The van der Waals surface area contributed by atoms with Gasteiger partial charge in [-0.3, -0.25) is 4.79 Å². The molecule has 0 fully saturated rings. The van der Waals surface area contributed by atoms with Gasteiger partial charge in [-0.05, 0) is 30.3 Å². The molecule has 108 valence electrons. The fourth-order valence-corrected chi connectivity index (χ4v) is 2.21. The molecule has 0 aliphatic carbocycles. The summed E-state index contributed by atoms with van der Waals surface area (Å²) in [5.74, 6) is -1.89. The van der Waals surface area contributed by atoms with Crippen molar-refractivity contribution in [3.05, 3.63) is 53.6 Å². The van der Waals surface area contributed by atoms with E-state index in [1.54, 1.807) is 18.2 Å². The van der Waals surface area contributed by atoms with Crippen LogP contribution >= 0.6 is 0 Å². The van der Waals surface area contributed by atoms with E-state index in [1.165, 1.54) is 0 Å². The highest BCUT2D eigenvalue weighted by Crippen LogP contribution is 2.25. The number of rotatable bonds is 2. The van der Waals surface area contributed by atoms with Crippen LogP contribution in [0.15, 0.2) is 36.4 Å². The summed E-state index contributed by atoms with van der Waals surface area (Å²) in [5.41, 5.74) is 2.25. The molecule has 21 heavy (non-hydrogen) atoms. The van der Waals surface area contributed by atoms with Crippen molar-refractivity contribution in [2.75, 3.05) is 29.0 Å². The van der Waals surface area contributed by atoms with Crippen LogP contribution in [0, 0.1) is 11.6 Å². The summed E-state index contributed by atoms with van der Waals surface area (Å²) in [7, 11) is 0. The van der Waals surface area contributed by atoms with Crippen LogP contribution < -0.4 is 16.0 Å². The second-order valence-electron chi connectivity index (χ2n) is 4.73. The second-order valence-corrected chi connectivity index (χ2v) is 4.73. The Morgan fingerprint density at radius 1 is 0.952 bits per heavy atom. The van der Waals surface area contributed by atoms with E-state index >= 15 is 0 Å². The van der Waals surface area contributed by atoms with Crippen molar-refractivity contribution in [1.29, 1.82) is 0 Å². The lowest BCUT2D eigenvalue weighted by Gasteiger charge is -2.20. The first-order chi connectivity index (χ1) is 10.1. The number of halogens is 2. The van der Waals surface area contributed by atoms with Crippen molar-refractivity contribution in [2.24, 2.45) is 0 Å². The summed E-state index contributed by atoms with van der Waals surface area (Å²) in [6.07, 6.45) is 0. The number of fused-ring (bicyclic) bond motifs is 1. The van der Waals surface area contributed by atoms with Crippen LogP contribution in [0.25, 0.3) is 0 Å². The Morgan fingerprint density at radius 2 is 1.62 bits per heavy atom. The molecule has 0 unspecified atom stereocenters. The van der Waals surface area contributed by atoms with Gasteiger partial charge in [-0.2, -0.15) is 0 Å². The summed E-state index contributed by atoms with van der Waals surface area (Å²) in [6, 6.07) is 8.04. The second kappa shape index (κ2) is 5.40. The molecule has 4 nitrogen and oxygen atoms in total. The molecule has 3 rings (SSSR count). The Kier molecular flexibility index (Phi) is 3.43. The predicted octanol–water partition coefficient (Wildman–Crippen LogP) is 3.05. The molecule has 0 atom stereocenters. The van der Waals surface area contributed by atoms with E-state index in [9.17, 15) is 13.6 Å². The van der Waals surface area contributed by atoms with E-state index in [4.69, 9.17) is 0 Å². The Bertz CT molecular complexity index is 683. The average Bonchev–Trinajstić information content (AvgIpc) is 2.45. The molecule has 0 aromatic heterocycles. The van der Waals surface area contributed by atoms with Crippen molar-refractivity contribution < 1.29 is 13.6 Å². The van der Waals surface area contributed by atoms with E-state index in [2.05, 4.69) is 16.0 Å². The number of amides is 1. The zero-order chi connectivity index (χ0) is 14.8. The minimum Gasteiger partial charge on any atom is -0.382 e. The van der Waals surface area contributed by atoms with Crippen molar-refractivity contribution in [3.8, 4) is 0 Å². The molecular formula is C15H13F2N3O. The van der Waals surface area contributed by atoms with Crippen molar-refractivity contribution in [1.82, 2.24) is 0 Å². The molecule has 6 heteroatoms. The van der Waals surface area contributed by atoms with Crippen molar-refractivity contribution >= 4 is 23.0 Å². The molecule has 0 spiro atoms. The largest absolute Gasteiger partial charge is 0.382 e. The Morgan fingerprint density at radius 3 is 2.33 bits per heavy atom. The fourth-order valence-electron chi connectivity index (χ4n) is 2.21. The first-order valence-corrected chi connectivity index (χ1v) is 6.51. The Hall–Kier alpha value is -2.63. The molecule has 1 aliphatic heterocycles.